The van der Waals surface area contributed by atoms with Crippen molar-refractivity contribution in [2.75, 3.05) is 11.4 Å². The maximum absolute atomic E-state index is 8.79. The molecule has 0 saturated carbocycles. The number of hydrogen-bond donors (Lipinski definition) is 0. The van der Waals surface area contributed by atoms with Gasteiger partial charge in [-0.05, 0) is 61.4 Å². The Balaban J connectivity index is 1.51. The molecular weight excluding hydrogens is 468 g/mol. The fraction of sp³-hybridized carbons (Fsp3) is 0.138. The third kappa shape index (κ3) is 5.46. The normalized spacial score (nSPS) is 14.7. The zero-order valence-corrected chi connectivity index (χ0v) is 21.3. The molecule has 4 rings (SSSR count). The van der Waals surface area contributed by atoms with Gasteiger partial charge in [-0.1, -0.05) is 53.5 Å². The SMILES string of the molecule is CCN1C(=CC=CC=Cc2sc3ccc(C=CC#N)cc3[n+]2CC)Sc2ccc(C=CC#N)cc21. The van der Waals surface area contributed by atoms with E-state index in [0.717, 1.165) is 24.2 Å². The molecule has 0 amide bonds. The first-order valence-corrected chi connectivity index (χ1v) is 13.0. The summed E-state index contributed by atoms with van der Waals surface area (Å²) >= 11 is 3.53. The van der Waals surface area contributed by atoms with Gasteiger partial charge in [0.05, 0.1) is 22.9 Å². The number of hydrogen-bond acceptors (Lipinski definition) is 5. The van der Waals surface area contributed by atoms with Gasteiger partial charge in [0.1, 0.15) is 11.2 Å². The number of allylic oxidation sites excluding steroid dienone is 6. The highest BCUT2D eigenvalue weighted by atomic mass is 32.2. The molecule has 35 heavy (non-hydrogen) atoms. The standard InChI is InChI=1S/C29H25N4S2/c1-3-32-24-20-22(10-8-18-30)14-16-26(24)34-28(32)12-6-5-7-13-29-33(4-2)25-21-23(11-9-19-31)15-17-27(25)35-29/h5-17,20-21H,3-4H2,1-2H3/q+1. The van der Waals surface area contributed by atoms with Gasteiger partial charge in [0, 0.05) is 35.7 Å². The predicted octanol–water partition coefficient (Wildman–Crippen LogP) is 7.33. The molecule has 0 aliphatic carbocycles. The summed E-state index contributed by atoms with van der Waals surface area (Å²) in [6.07, 6.45) is 17.2. The minimum absolute atomic E-state index is 0.880. The van der Waals surface area contributed by atoms with Crippen LogP contribution in [0.3, 0.4) is 0 Å². The van der Waals surface area contributed by atoms with Gasteiger partial charge in [-0.15, -0.1) is 0 Å². The van der Waals surface area contributed by atoms with E-state index >= 15 is 0 Å². The van der Waals surface area contributed by atoms with Gasteiger partial charge in [-0.25, -0.2) is 0 Å². The van der Waals surface area contributed by atoms with Gasteiger partial charge in [-0.3, -0.25) is 0 Å². The van der Waals surface area contributed by atoms with Gasteiger partial charge in [0.2, 0.25) is 5.52 Å². The molecule has 0 spiro atoms. The summed E-state index contributed by atoms with van der Waals surface area (Å²) in [5, 5.41) is 20.0. The lowest BCUT2D eigenvalue weighted by atomic mass is 10.1. The van der Waals surface area contributed by atoms with E-state index in [2.05, 4.69) is 90.1 Å². The molecule has 4 nitrogen and oxygen atoms in total. The highest BCUT2D eigenvalue weighted by Crippen LogP contribution is 2.46. The first-order chi connectivity index (χ1) is 17.2. The molecule has 2 heterocycles. The molecule has 1 aliphatic rings. The van der Waals surface area contributed by atoms with Gasteiger partial charge < -0.3 is 4.90 Å². The third-order valence-electron chi connectivity index (χ3n) is 5.54. The van der Waals surface area contributed by atoms with Crippen LogP contribution in [0, 0.1) is 22.7 Å². The van der Waals surface area contributed by atoms with Gasteiger partial charge in [-0.2, -0.15) is 15.1 Å². The van der Waals surface area contributed by atoms with Crippen LogP contribution in [0.4, 0.5) is 5.69 Å². The van der Waals surface area contributed by atoms with Crippen LogP contribution in [0.25, 0.3) is 28.4 Å². The lowest BCUT2D eigenvalue weighted by Crippen LogP contribution is -2.33. The minimum Gasteiger partial charge on any atom is -0.335 e. The Morgan fingerprint density at radius 1 is 0.914 bits per heavy atom. The zero-order valence-electron chi connectivity index (χ0n) is 19.7. The number of nitriles is 2. The van der Waals surface area contributed by atoms with E-state index in [0.29, 0.717) is 0 Å². The highest BCUT2D eigenvalue weighted by molar-refractivity contribution is 8.03. The average Bonchev–Trinajstić information content (AvgIpc) is 3.41. The molecule has 0 atom stereocenters. The molecule has 0 bridgehead atoms. The number of fused-ring (bicyclic) bond motifs is 2. The number of rotatable bonds is 7. The zero-order chi connectivity index (χ0) is 24.6. The summed E-state index contributed by atoms with van der Waals surface area (Å²) in [5.41, 5.74) is 4.44. The third-order valence-corrected chi connectivity index (χ3v) is 7.80. The van der Waals surface area contributed by atoms with Crippen LogP contribution in [0.5, 0.6) is 0 Å². The number of benzene rings is 2. The van der Waals surface area contributed by atoms with Gasteiger partial charge >= 0.3 is 0 Å². The second-order valence-corrected chi connectivity index (χ2v) is 9.78. The smallest absolute Gasteiger partial charge is 0.262 e. The molecule has 6 heteroatoms. The van der Waals surface area contributed by atoms with Crippen molar-refractivity contribution < 1.29 is 4.57 Å². The van der Waals surface area contributed by atoms with E-state index in [9.17, 15) is 0 Å². The first kappa shape index (κ1) is 24.3. The van der Waals surface area contributed by atoms with Crippen molar-refractivity contribution in [3.05, 3.63) is 94.0 Å². The molecule has 1 aliphatic heterocycles. The lowest BCUT2D eigenvalue weighted by molar-refractivity contribution is -0.665. The maximum Gasteiger partial charge on any atom is 0.262 e. The minimum atomic E-state index is 0.880. The van der Waals surface area contributed by atoms with Crippen molar-refractivity contribution in [1.29, 1.82) is 10.5 Å². The van der Waals surface area contributed by atoms with Crippen molar-refractivity contribution in [1.82, 2.24) is 0 Å². The summed E-state index contributed by atoms with van der Waals surface area (Å²) in [7, 11) is 0. The lowest BCUT2D eigenvalue weighted by Gasteiger charge is -2.17. The number of nitrogens with zero attached hydrogens (tertiary/aromatic N) is 4. The molecule has 0 unspecified atom stereocenters. The molecule has 0 fully saturated rings. The number of thiazole rings is 1. The monoisotopic (exact) mass is 493 g/mol. The van der Waals surface area contributed by atoms with E-state index in [4.69, 9.17) is 10.5 Å². The summed E-state index contributed by atoms with van der Waals surface area (Å²) in [6, 6.07) is 16.7. The molecule has 172 valence electrons. The Hall–Kier alpha value is -3.84. The van der Waals surface area contributed by atoms with Crippen LogP contribution in [-0.2, 0) is 6.54 Å². The van der Waals surface area contributed by atoms with Crippen LogP contribution >= 0.6 is 23.1 Å². The number of thioether (sulfide) groups is 1. The number of aromatic nitrogens is 1. The highest BCUT2D eigenvalue weighted by Gasteiger charge is 2.23. The second-order valence-electron chi connectivity index (χ2n) is 7.66. The summed E-state index contributed by atoms with van der Waals surface area (Å²) in [4.78, 5) is 3.53. The summed E-state index contributed by atoms with van der Waals surface area (Å²) < 4.78 is 3.53. The molecule has 0 radical (unpaired) electrons. The van der Waals surface area contributed by atoms with Gasteiger partial charge in [0.25, 0.3) is 5.01 Å². The van der Waals surface area contributed by atoms with Crippen LogP contribution in [-0.4, -0.2) is 6.54 Å². The van der Waals surface area contributed by atoms with Crippen molar-refractivity contribution in [2.24, 2.45) is 0 Å². The number of anilines is 1. The molecule has 2 aromatic carbocycles. The fourth-order valence-corrected chi connectivity index (χ4v) is 6.19. The van der Waals surface area contributed by atoms with Crippen molar-refractivity contribution in [3.8, 4) is 12.1 Å². The summed E-state index contributed by atoms with van der Waals surface area (Å²) in [6.45, 7) is 6.06. The largest absolute Gasteiger partial charge is 0.335 e. The van der Waals surface area contributed by atoms with E-state index in [1.165, 1.54) is 43.0 Å². The quantitative estimate of drug-likeness (QED) is 0.196. The fourth-order valence-electron chi connectivity index (χ4n) is 3.95. The Labute approximate surface area is 214 Å². The van der Waals surface area contributed by atoms with E-state index < -0.39 is 0 Å². The first-order valence-electron chi connectivity index (χ1n) is 11.4. The van der Waals surface area contributed by atoms with E-state index in [1.807, 2.05) is 24.3 Å². The predicted molar refractivity (Wildman–Crippen MR) is 149 cm³/mol. The Morgan fingerprint density at radius 2 is 1.66 bits per heavy atom. The molecule has 0 saturated heterocycles. The molecular formula is C29H25N4S2+. The summed E-state index contributed by atoms with van der Waals surface area (Å²) in [5.74, 6) is 0. The Morgan fingerprint density at radius 3 is 2.37 bits per heavy atom. The van der Waals surface area contributed by atoms with Gasteiger partial charge in [0.15, 0.2) is 0 Å². The van der Waals surface area contributed by atoms with Crippen LogP contribution in [0.2, 0.25) is 0 Å². The second kappa shape index (κ2) is 11.5. The molecule has 3 aromatic rings. The van der Waals surface area contributed by atoms with Crippen LogP contribution in [0.15, 0.2) is 82.8 Å². The van der Waals surface area contributed by atoms with Crippen LogP contribution < -0.4 is 9.47 Å². The molecule has 1 aromatic heterocycles. The van der Waals surface area contributed by atoms with Crippen molar-refractivity contribution in [3.63, 3.8) is 0 Å². The van der Waals surface area contributed by atoms with Crippen molar-refractivity contribution >= 4 is 57.2 Å². The topological polar surface area (TPSA) is 54.7 Å². The Bertz CT molecular complexity index is 1470. The van der Waals surface area contributed by atoms with E-state index in [-0.39, 0.29) is 0 Å². The van der Waals surface area contributed by atoms with Crippen molar-refractivity contribution in [2.45, 2.75) is 25.3 Å². The molecule has 0 N–H and O–H groups in total. The Kier molecular flexibility index (Phi) is 8.00. The van der Waals surface area contributed by atoms with Crippen LogP contribution in [0.1, 0.15) is 30.0 Å². The van der Waals surface area contributed by atoms with E-state index in [1.54, 1.807) is 23.1 Å². The average molecular weight is 494 g/mol. The maximum atomic E-state index is 8.79. The number of aryl methyl sites for hydroxylation is 1.